The van der Waals surface area contributed by atoms with Gasteiger partial charge in [-0.1, -0.05) is 23.7 Å². The standard InChI is InChI=1S/C13H17ClO2/c14-12-3-1-2-10(8-12)9-13(15)11-4-6-16-7-5-11/h1-3,8,11,13,15H,4-7,9H2. The van der Waals surface area contributed by atoms with Crippen molar-refractivity contribution in [3.63, 3.8) is 0 Å². The molecule has 1 heterocycles. The third kappa shape index (κ3) is 3.21. The summed E-state index contributed by atoms with van der Waals surface area (Å²) >= 11 is 5.91. The molecular formula is C13H17ClO2. The lowest BCUT2D eigenvalue weighted by Crippen LogP contribution is -2.28. The number of aliphatic hydroxyl groups excluding tert-OH is 1. The minimum atomic E-state index is -0.276. The zero-order chi connectivity index (χ0) is 11.4. The van der Waals surface area contributed by atoms with Crippen LogP contribution in [0.3, 0.4) is 0 Å². The zero-order valence-corrected chi connectivity index (χ0v) is 9.99. The predicted octanol–water partition coefficient (Wildman–Crippen LogP) is 2.67. The molecule has 1 aliphatic rings. The van der Waals surface area contributed by atoms with E-state index < -0.39 is 0 Å². The Morgan fingerprint density at radius 3 is 2.81 bits per heavy atom. The molecule has 1 aliphatic heterocycles. The van der Waals surface area contributed by atoms with Crippen LogP contribution in [0.25, 0.3) is 0 Å². The van der Waals surface area contributed by atoms with E-state index in [1.165, 1.54) is 0 Å². The van der Waals surface area contributed by atoms with Gasteiger partial charge in [-0.3, -0.25) is 0 Å². The van der Waals surface area contributed by atoms with Gasteiger partial charge in [0, 0.05) is 18.2 Å². The van der Waals surface area contributed by atoms with Gasteiger partial charge in [0.15, 0.2) is 0 Å². The number of rotatable bonds is 3. The molecule has 16 heavy (non-hydrogen) atoms. The molecule has 0 saturated carbocycles. The average Bonchev–Trinajstić information content (AvgIpc) is 2.30. The zero-order valence-electron chi connectivity index (χ0n) is 9.23. The maximum Gasteiger partial charge on any atom is 0.0610 e. The van der Waals surface area contributed by atoms with Crippen LogP contribution in [0.4, 0.5) is 0 Å². The molecule has 88 valence electrons. The third-order valence-electron chi connectivity index (χ3n) is 3.14. The van der Waals surface area contributed by atoms with Gasteiger partial charge < -0.3 is 9.84 Å². The second-order valence-electron chi connectivity index (χ2n) is 4.35. The van der Waals surface area contributed by atoms with E-state index in [0.717, 1.165) is 36.6 Å². The highest BCUT2D eigenvalue weighted by Crippen LogP contribution is 2.22. The van der Waals surface area contributed by atoms with Crippen LogP contribution in [-0.2, 0) is 11.2 Å². The SMILES string of the molecule is OC(Cc1cccc(Cl)c1)C1CCOCC1. The smallest absolute Gasteiger partial charge is 0.0610 e. The summed E-state index contributed by atoms with van der Waals surface area (Å²) in [6, 6.07) is 7.71. The molecule has 3 heteroatoms. The van der Waals surface area contributed by atoms with Crippen LogP contribution >= 0.6 is 11.6 Å². The Labute approximate surface area is 101 Å². The van der Waals surface area contributed by atoms with Crippen LogP contribution in [0.2, 0.25) is 5.02 Å². The fourth-order valence-corrected chi connectivity index (χ4v) is 2.39. The Morgan fingerprint density at radius 1 is 1.38 bits per heavy atom. The molecule has 0 aliphatic carbocycles. The lowest BCUT2D eigenvalue weighted by atomic mass is 9.90. The first kappa shape index (κ1) is 11.9. The lowest BCUT2D eigenvalue weighted by Gasteiger charge is -2.26. The number of aliphatic hydroxyl groups is 1. The van der Waals surface area contributed by atoms with Crippen molar-refractivity contribution >= 4 is 11.6 Å². The van der Waals surface area contributed by atoms with E-state index in [1.54, 1.807) is 0 Å². The monoisotopic (exact) mass is 240 g/mol. The van der Waals surface area contributed by atoms with Crippen LogP contribution in [0.5, 0.6) is 0 Å². The molecule has 0 aromatic heterocycles. The molecule has 1 aromatic rings. The summed E-state index contributed by atoms with van der Waals surface area (Å²) in [6.45, 7) is 1.55. The van der Waals surface area contributed by atoms with Crippen LogP contribution < -0.4 is 0 Å². The largest absolute Gasteiger partial charge is 0.392 e. The Bertz CT molecular complexity index is 334. The van der Waals surface area contributed by atoms with E-state index in [1.807, 2.05) is 24.3 Å². The van der Waals surface area contributed by atoms with Crippen LogP contribution in [0.15, 0.2) is 24.3 Å². The lowest BCUT2D eigenvalue weighted by molar-refractivity contribution is 0.00840. The second kappa shape index (κ2) is 5.67. The number of hydrogen-bond acceptors (Lipinski definition) is 2. The van der Waals surface area contributed by atoms with Crippen molar-refractivity contribution in [2.45, 2.75) is 25.4 Å². The normalized spacial score (nSPS) is 19.6. The molecule has 2 nitrogen and oxygen atoms in total. The first-order chi connectivity index (χ1) is 7.75. The van der Waals surface area contributed by atoms with Crippen molar-refractivity contribution in [1.82, 2.24) is 0 Å². The van der Waals surface area contributed by atoms with Crippen molar-refractivity contribution in [3.8, 4) is 0 Å². The topological polar surface area (TPSA) is 29.5 Å². The Kier molecular flexibility index (Phi) is 4.22. The van der Waals surface area contributed by atoms with Gasteiger partial charge in [-0.05, 0) is 42.9 Å². The van der Waals surface area contributed by atoms with Gasteiger partial charge in [-0.25, -0.2) is 0 Å². The molecule has 0 bridgehead atoms. The summed E-state index contributed by atoms with van der Waals surface area (Å²) < 4.78 is 5.29. The summed E-state index contributed by atoms with van der Waals surface area (Å²) in [5.41, 5.74) is 1.10. The first-order valence-corrected chi connectivity index (χ1v) is 6.14. The molecule has 1 atom stereocenters. The average molecular weight is 241 g/mol. The van der Waals surface area contributed by atoms with Crippen molar-refractivity contribution in [2.75, 3.05) is 13.2 Å². The highest BCUT2D eigenvalue weighted by atomic mass is 35.5. The van der Waals surface area contributed by atoms with Gasteiger partial charge in [-0.2, -0.15) is 0 Å². The molecular weight excluding hydrogens is 224 g/mol. The number of benzene rings is 1. The molecule has 1 fully saturated rings. The molecule has 0 radical (unpaired) electrons. The Morgan fingerprint density at radius 2 is 2.12 bits per heavy atom. The van der Waals surface area contributed by atoms with E-state index in [-0.39, 0.29) is 6.10 Å². The molecule has 0 spiro atoms. The van der Waals surface area contributed by atoms with Crippen molar-refractivity contribution in [2.24, 2.45) is 5.92 Å². The van der Waals surface area contributed by atoms with Gasteiger partial charge >= 0.3 is 0 Å². The number of ether oxygens (including phenoxy) is 1. The molecule has 1 unspecified atom stereocenters. The maximum atomic E-state index is 10.1. The highest BCUT2D eigenvalue weighted by molar-refractivity contribution is 6.30. The van der Waals surface area contributed by atoms with Crippen molar-refractivity contribution in [1.29, 1.82) is 0 Å². The van der Waals surface area contributed by atoms with E-state index in [2.05, 4.69) is 0 Å². The Balaban J connectivity index is 1.93. The summed E-state index contributed by atoms with van der Waals surface area (Å²) in [6.07, 6.45) is 2.33. The summed E-state index contributed by atoms with van der Waals surface area (Å²) in [5, 5.41) is 10.9. The highest BCUT2D eigenvalue weighted by Gasteiger charge is 2.22. The van der Waals surface area contributed by atoms with Crippen LogP contribution in [0.1, 0.15) is 18.4 Å². The van der Waals surface area contributed by atoms with E-state index in [4.69, 9.17) is 16.3 Å². The molecule has 2 rings (SSSR count). The van der Waals surface area contributed by atoms with Gasteiger partial charge in [0.1, 0.15) is 0 Å². The van der Waals surface area contributed by atoms with Crippen molar-refractivity contribution < 1.29 is 9.84 Å². The number of halogens is 1. The fourth-order valence-electron chi connectivity index (χ4n) is 2.17. The van der Waals surface area contributed by atoms with Gasteiger partial charge in [0.05, 0.1) is 6.10 Å². The molecule has 1 N–H and O–H groups in total. The Hall–Kier alpha value is -0.570. The van der Waals surface area contributed by atoms with Gasteiger partial charge in [0.25, 0.3) is 0 Å². The van der Waals surface area contributed by atoms with E-state index >= 15 is 0 Å². The summed E-state index contributed by atoms with van der Waals surface area (Å²) in [5.74, 6) is 0.368. The summed E-state index contributed by atoms with van der Waals surface area (Å²) in [7, 11) is 0. The molecule has 1 aromatic carbocycles. The molecule has 0 amide bonds. The minimum Gasteiger partial charge on any atom is -0.392 e. The van der Waals surface area contributed by atoms with Gasteiger partial charge in [-0.15, -0.1) is 0 Å². The molecule has 1 saturated heterocycles. The van der Waals surface area contributed by atoms with Crippen LogP contribution in [0, 0.1) is 5.92 Å². The first-order valence-electron chi connectivity index (χ1n) is 5.76. The van der Waals surface area contributed by atoms with Crippen LogP contribution in [-0.4, -0.2) is 24.4 Å². The second-order valence-corrected chi connectivity index (χ2v) is 4.79. The minimum absolute atomic E-state index is 0.276. The van der Waals surface area contributed by atoms with Crippen molar-refractivity contribution in [3.05, 3.63) is 34.9 Å². The summed E-state index contributed by atoms with van der Waals surface area (Å²) in [4.78, 5) is 0. The van der Waals surface area contributed by atoms with E-state index in [0.29, 0.717) is 12.3 Å². The quantitative estimate of drug-likeness (QED) is 0.880. The predicted molar refractivity (Wildman–Crippen MR) is 64.7 cm³/mol. The van der Waals surface area contributed by atoms with E-state index in [9.17, 15) is 5.11 Å². The van der Waals surface area contributed by atoms with Gasteiger partial charge in [0.2, 0.25) is 0 Å². The fraction of sp³-hybridized carbons (Fsp3) is 0.538. The maximum absolute atomic E-state index is 10.1. The third-order valence-corrected chi connectivity index (χ3v) is 3.38. The number of hydrogen-bond donors (Lipinski definition) is 1.